The maximum Gasteiger partial charge on any atom is 0.407 e. The Bertz CT molecular complexity index is 1450. The van der Waals surface area contributed by atoms with Gasteiger partial charge in [0.15, 0.2) is 5.65 Å². The number of carbonyl (C=O) groups excluding carboxylic acids is 1. The van der Waals surface area contributed by atoms with Crippen LogP contribution in [0.4, 0.5) is 13.6 Å². The summed E-state index contributed by atoms with van der Waals surface area (Å²) in [5, 5.41) is 16.9. The van der Waals surface area contributed by atoms with E-state index in [9.17, 15) is 28.3 Å². The van der Waals surface area contributed by atoms with Gasteiger partial charge in [-0.2, -0.15) is 0 Å². The fraction of sp³-hybridized carbons (Fsp3) is 0.481. The third kappa shape index (κ3) is 4.89. The summed E-state index contributed by atoms with van der Waals surface area (Å²) in [7, 11) is 0. The fourth-order valence-electron chi connectivity index (χ4n) is 5.25. The van der Waals surface area contributed by atoms with Gasteiger partial charge in [-0.15, -0.1) is 5.10 Å². The molecule has 1 aliphatic carbocycles. The summed E-state index contributed by atoms with van der Waals surface area (Å²) in [6.45, 7) is 3.57. The summed E-state index contributed by atoms with van der Waals surface area (Å²) >= 11 is 0. The van der Waals surface area contributed by atoms with Crippen LogP contribution < -0.4 is 11.0 Å². The molecule has 3 atom stereocenters. The first kappa shape index (κ1) is 25.9. The zero-order chi connectivity index (χ0) is 27.1. The number of carbonyl (C=O) groups is 2. The lowest BCUT2D eigenvalue weighted by atomic mass is 9.92. The second kappa shape index (κ2) is 10.2. The van der Waals surface area contributed by atoms with Gasteiger partial charge >= 0.3 is 11.8 Å². The summed E-state index contributed by atoms with van der Waals surface area (Å²) in [5.41, 5.74) is 1.62. The van der Waals surface area contributed by atoms with E-state index in [1.165, 1.54) is 15.1 Å². The molecule has 3 unspecified atom stereocenters. The van der Waals surface area contributed by atoms with Gasteiger partial charge in [0.2, 0.25) is 0 Å². The van der Waals surface area contributed by atoms with Crippen molar-refractivity contribution in [2.24, 2.45) is 0 Å². The molecule has 2 fully saturated rings. The van der Waals surface area contributed by atoms with Crippen molar-refractivity contribution in [1.29, 1.82) is 0 Å². The average molecular weight is 528 g/mol. The smallest absolute Gasteiger partial charge is 0.407 e. The summed E-state index contributed by atoms with van der Waals surface area (Å²) in [6.07, 6.45) is 2.17. The lowest BCUT2D eigenvalue weighted by Gasteiger charge is -2.39. The number of likely N-dealkylation sites (tertiary alicyclic amines) is 1. The predicted octanol–water partition coefficient (Wildman–Crippen LogP) is 4.32. The Morgan fingerprint density at radius 2 is 2.00 bits per heavy atom. The second-order valence-corrected chi connectivity index (χ2v) is 10.3. The van der Waals surface area contributed by atoms with E-state index >= 15 is 0 Å². The Labute approximate surface area is 218 Å². The van der Waals surface area contributed by atoms with E-state index in [4.69, 9.17) is 0 Å². The Morgan fingerprint density at radius 1 is 1.24 bits per heavy atom. The second-order valence-electron chi connectivity index (χ2n) is 10.3. The van der Waals surface area contributed by atoms with Gasteiger partial charge in [-0.3, -0.25) is 9.20 Å². The van der Waals surface area contributed by atoms with Crippen LogP contribution in [0.3, 0.4) is 0 Å². The topological polar surface area (TPSA) is 109 Å². The zero-order valence-electron chi connectivity index (χ0n) is 21.4. The molecule has 9 nitrogen and oxygen atoms in total. The first-order valence-electron chi connectivity index (χ1n) is 13.0. The van der Waals surface area contributed by atoms with Crippen LogP contribution in [0.15, 0.2) is 35.3 Å². The highest BCUT2D eigenvalue weighted by Crippen LogP contribution is 2.32. The summed E-state index contributed by atoms with van der Waals surface area (Å²) < 4.78 is 32.3. The van der Waals surface area contributed by atoms with Crippen molar-refractivity contribution < 1.29 is 23.5 Å². The molecule has 38 heavy (non-hydrogen) atoms. The van der Waals surface area contributed by atoms with Gasteiger partial charge in [0.05, 0.1) is 12.1 Å². The van der Waals surface area contributed by atoms with Crippen LogP contribution in [0.25, 0.3) is 16.8 Å². The van der Waals surface area contributed by atoms with Gasteiger partial charge in [0, 0.05) is 24.3 Å². The van der Waals surface area contributed by atoms with Crippen molar-refractivity contribution >= 4 is 17.6 Å². The number of piperidine rings is 1. The van der Waals surface area contributed by atoms with Crippen molar-refractivity contribution in [3.63, 3.8) is 0 Å². The number of benzene rings is 1. The summed E-state index contributed by atoms with van der Waals surface area (Å²) in [6, 6.07) is 5.01. The molecule has 202 valence electrons. The average Bonchev–Trinajstić information content (AvgIpc) is 3.65. The van der Waals surface area contributed by atoms with E-state index in [0.29, 0.717) is 35.2 Å². The Balaban J connectivity index is 1.47. The van der Waals surface area contributed by atoms with E-state index in [2.05, 4.69) is 10.4 Å². The monoisotopic (exact) mass is 527 g/mol. The molecule has 2 aliphatic rings. The number of hydrogen-bond acceptors (Lipinski definition) is 4. The highest BCUT2D eigenvalue weighted by atomic mass is 19.1. The van der Waals surface area contributed by atoms with Gasteiger partial charge in [-0.25, -0.2) is 23.1 Å². The van der Waals surface area contributed by atoms with Crippen LogP contribution in [0.2, 0.25) is 0 Å². The Kier molecular flexibility index (Phi) is 6.93. The molecule has 2 amide bonds. The lowest BCUT2D eigenvalue weighted by molar-refractivity contribution is 0.0468. The minimum absolute atomic E-state index is 0.106. The van der Waals surface area contributed by atoms with Crippen LogP contribution in [-0.2, 0) is 0 Å². The number of amides is 2. The van der Waals surface area contributed by atoms with Crippen LogP contribution >= 0.6 is 0 Å². The maximum atomic E-state index is 14.9. The SMILES string of the molecule is CCCC(F)C1CC(n2nc3cc(-c4cc(C(=O)NC5CC5)cc(F)c4C)ccn3c2=O)CCN1C(=O)O. The molecule has 5 rings (SSSR count). The molecule has 1 saturated heterocycles. The molecule has 3 heterocycles. The molecule has 3 aromatic rings. The van der Waals surface area contributed by atoms with Crippen molar-refractivity contribution in [3.05, 3.63) is 57.9 Å². The molecule has 2 N–H and O–H groups in total. The van der Waals surface area contributed by atoms with E-state index in [0.717, 1.165) is 17.7 Å². The first-order chi connectivity index (χ1) is 18.2. The van der Waals surface area contributed by atoms with Crippen molar-refractivity contribution in [1.82, 2.24) is 24.4 Å². The fourth-order valence-corrected chi connectivity index (χ4v) is 5.25. The van der Waals surface area contributed by atoms with E-state index in [1.54, 1.807) is 31.3 Å². The summed E-state index contributed by atoms with van der Waals surface area (Å²) in [4.78, 5) is 38.6. The van der Waals surface area contributed by atoms with Gasteiger partial charge in [0.25, 0.3) is 5.91 Å². The number of pyridine rings is 1. The maximum absolute atomic E-state index is 14.9. The lowest BCUT2D eigenvalue weighted by Crippen LogP contribution is -2.51. The molecule has 1 aromatic carbocycles. The van der Waals surface area contributed by atoms with Crippen LogP contribution in [-0.4, -0.2) is 61.0 Å². The van der Waals surface area contributed by atoms with Crippen molar-refractivity contribution in [3.8, 4) is 11.1 Å². The zero-order valence-corrected chi connectivity index (χ0v) is 21.4. The number of nitrogens with one attached hydrogen (secondary N) is 1. The first-order valence-corrected chi connectivity index (χ1v) is 13.0. The number of nitrogens with zero attached hydrogens (tertiary/aromatic N) is 4. The highest BCUT2D eigenvalue weighted by Gasteiger charge is 2.38. The molecule has 0 radical (unpaired) electrons. The van der Waals surface area contributed by atoms with E-state index in [-0.39, 0.29) is 36.9 Å². The van der Waals surface area contributed by atoms with Crippen molar-refractivity contribution in [2.75, 3.05) is 6.54 Å². The highest BCUT2D eigenvalue weighted by molar-refractivity contribution is 5.96. The molecule has 11 heteroatoms. The van der Waals surface area contributed by atoms with Gasteiger partial charge in [-0.1, -0.05) is 13.3 Å². The predicted molar refractivity (Wildman–Crippen MR) is 137 cm³/mol. The number of alkyl halides is 1. The quantitative estimate of drug-likeness (QED) is 0.476. The Hall–Kier alpha value is -3.76. The Morgan fingerprint density at radius 3 is 2.68 bits per heavy atom. The minimum Gasteiger partial charge on any atom is -0.465 e. The molecule has 2 aromatic heterocycles. The number of hydrogen-bond donors (Lipinski definition) is 2. The number of halogens is 2. The van der Waals surface area contributed by atoms with Crippen LogP contribution in [0, 0.1) is 12.7 Å². The third-order valence-corrected chi connectivity index (χ3v) is 7.57. The third-order valence-electron chi connectivity index (χ3n) is 7.57. The van der Waals surface area contributed by atoms with Crippen LogP contribution in [0.1, 0.15) is 67.4 Å². The van der Waals surface area contributed by atoms with Crippen LogP contribution in [0.5, 0.6) is 0 Å². The largest absolute Gasteiger partial charge is 0.465 e. The molecular weight excluding hydrogens is 496 g/mol. The van der Waals surface area contributed by atoms with Crippen molar-refractivity contribution in [2.45, 2.75) is 76.7 Å². The van der Waals surface area contributed by atoms with E-state index in [1.807, 2.05) is 6.92 Å². The van der Waals surface area contributed by atoms with Gasteiger partial charge < -0.3 is 15.3 Å². The molecule has 0 bridgehead atoms. The van der Waals surface area contributed by atoms with Gasteiger partial charge in [-0.05, 0) is 80.0 Å². The molecule has 1 saturated carbocycles. The minimum atomic E-state index is -1.33. The van der Waals surface area contributed by atoms with Gasteiger partial charge in [0.1, 0.15) is 12.0 Å². The molecule has 1 aliphatic heterocycles. The number of fused-ring (bicyclic) bond motifs is 1. The number of aromatic nitrogens is 3. The number of carboxylic acid groups (broad SMARTS) is 1. The number of rotatable bonds is 7. The van der Waals surface area contributed by atoms with E-state index < -0.39 is 35.9 Å². The molecule has 0 spiro atoms. The summed E-state index contributed by atoms with van der Waals surface area (Å²) in [5.74, 6) is -0.832. The standard InChI is InChI=1S/C27H31F2N5O4/c1-3-4-21(28)23-14-19(8-10-32(23)27(37)38)34-26(36)33-9-7-16(13-24(33)31-34)20-11-17(12-22(29)15(20)2)25(35)30-18-5-6-18/h7,9,11-13,18-19,21,23H,3-6,8,10,14H2,1-2H3,(H,30,35)(H,37,38). The molecular formula is C27H31F2N5O4. The normalized spacial score (nSPS) is 20.5.